The highest BCUT2D eigenvalue weighted by atomic mass is 19.4. The average Bonchev–Trinajstić information content (AvgIpc) is 3.27. The third-order valence-corrected chi connectivity index (χ3v) is 6.82. The van der Waals surface area contributed by atoms with Crippen molar-refractivity contribution in [3.05, 3.63) is 58.9 Å². The van der Waals surface area contributed by atoms with Gasteiger partial charge in [0.2, 0.25) is 0 Å². The number of hydrogen-bond acceptors (Lipinski definition) is 6. The van der Waals surface area contributed by atoms with Gasteiger partial charge in [-0.05, 0) is 31.9 Å². The summed E-state index contributed by atoms with van der Waals surface area (Å²) in [5, 5.41) is 3.63. The van der Waals surface area contributed by atoms with E-state index in [4.69, 9.17) is 14.2 Å². The molecule has 2 aromatic carbocycles. The van der Waals surface area contributed by atoms with Crippen molar-refractivity contribution in [2.45, 2.75) is 45.1 Å². The largest absolute Gasteiger partial charge is 0.496 e. The molecule has 0 saturated carbocycles. The molecule has 1 fully saturated rings. The predicted molar refractivity (Wildman–Crippen MR) is 135 cm³/mol. The van der Waals surface area contributed by atoms with Gasteiger partial charge in [-0.25, -0.2) is 4.98 Å². The molecule has 2 heterocycles. The molecule has 0 atom stereocenters. The van der Waals surface area contributed by atoms with Gasteiger partial charge >= 0.3 is 6.18 Å². The van der Waals surface area contributed by atoms with Gasteiger partial charge < -0.3 is 24.5 Å². The number of rotatable bonds is 9. The quantitative estimate of drug-likeness (QED) is 0.407. The summed E-state index contributed by atoms with van der Waals surface area (Å²) in [6, 6.07) is 9.14. The highest BCUT2D eigenvalue weighted by molar-refractivity contribution is 5.56. The zero-order valence-corrected chi connectivity index (χ0v) is 21.5. The van der Waals surface area contributed by atoms with Gasteiger partial charge in [-0.15, -0.1) is 0 Å². The number of alkyl halides is 3. The minimum absolute atomic E-state index is 0.357. The topological polar surface area (TPSA) is 71.6 Å². The Morgan fingerprint density at radius 2 is 1.62 bits per heavy atom. The van der Waals surface area contributed by atoms with E-state index in [0.29, 0.717) is 36.3 Å². The van der Waals surface area contributed by atoms with E-state index < -0.39 is 11.7 Å². The normalized spacial score (nSPS) is 15.1. The van der Waals surface area contributed by atoms with E-state index in [0.717, 1.165) is 66.5 Å². The standard InChI is InChI=1S/C27H33F3N4O3/c1-17-23(33-26(32-17)18-5-7-19(8-6-18)27(28,29)30)16-34-11-9-20(10-12-34)31-15-22-24(36-3)13-21(35-2)14-25(22)37-4/h5-8,13-14,20,31H,9-12,15-16H2,1-4H3,(H,32,33). The molecule has 1 aliphatic rings. The summed E-state index contributed by atoms with van der Waals surface area (Å²) in [7, 11) is 4.88. The number of imidazole rings is 1. The minimum Gasteiger partial charge on any atom is -0.496 e. The van der Waals surface area contributed by atoms with E-state index in [1.165, 1.54) is 12.1 Å². The van der Waals surface area contributed by atoms with Crippen LogP contribution in [0.5, 0.6) is 17.2 Å². The van der Waals surface area contributed by atoms with Crippen molar-refractivity contribution in [3.8, 4) is 28.6 Å². The molecule has 200 valence electrons. The molecule has 0 aliphatic carbocycles. The van der Waals surface area contributed by atoms with Gasteiger partial charge in [0.25, 0.3) is 0 Å². The van der Waals surface area contributed by atoms with Crippen LogP contribution in [0, 0.1) is 6.92 Å². The number of hydrogen-bond donors (Lipinski definition) is 2. The van der Waals surface area contributed by atoms with Gasteiger partial charge in [-0.1, -0.05) is 12.1 Å². The number of aromatic nitrogens is 2. The average molecular weight is 519 g/mol. The predicted octanol–water partition coefficient (Wildman–Crippen LogP) is 5.18. The molecule has 0 unspecified atom stereocenters. The van der Waals surface area contributed by atoms with E-state index in [-0.39, 0.29) is 0 Å². The lowest BCUT2D eigenvalue weighted by Crippen LogP contribution is -2.42. The van der Waals surface area contributed by atoms with Gasteiger partial charge in [0.1, 0.15) is 23.1 Å². The maximum Gasteiger partial charge on any atom is 0.416 e. The van der Waals surface area contributed by atoms with Gasteiger partial charge in [-0.3, -0.25) is 4.90 Å². The van der Waals surface area contributed by atoms with Crippen molar-refractivity contribution >= 4 is 0 Å². The first-order chi connectivity index (χ1) is 17.7. The van der Waals surface area contributed by atoms with Crippen LogP contribution in [0.15, 0.2) is 36.4 Å². The number of ether oxygens (including phenoxy) is 3. The van der Waals surface area contributed by atoms with Gasteiger partial charge in [0.15, 0.2) is 0 Å². The van der Waals surface area contributed by atoms with Crippen molar-refractivity contribution in [3.63, 3.8) is 0 Å². The summed E-state index contributed by atoms with van der Waals surface area (Å²) in [6.45, 7) is 5.08. The smallest absolute Gasteiger partial charge is 0.416 e. The zero-order chi connectivity index (χ0) is 26.6. The van der Waals surface area contributed by atoms with Crippen LogP contribution in [-0.2, 0) is 19.3 Å². The SMILES string of the molecule is COc1cc(OC)c(CNC2CCN(Cc3nc(-c4ccc(C(F)(F)F)cc4)[nH]c3C)CC2)c(OC)c1. The van der Waals surface area contributed by atoms with Gasteiger partial charge in [0, 0.05) is 55.6 Å². The van der Waals surface area contributed by atoms with Crippen molar-refractivity contribution < 1.29 is 27.4 Å². The fourth-order valence-electron chi connectivity index (χ4n) is 4.61. The molecule has 3 aromatic rings. The van der Waals surface area contributed by atoms with Crippen LogP contribution in [-0.4, -0.2) is 55.3 Å². The van der Waals surface area contributed by atoms with E-state index in [2.05, 4.69) is 20.2 Å². The summed E-state index contributed by atoms with van der Waals surface area (Å²) >= 11 is 0. The number of piperidine rings is 1. The van der Waals surface area contributed by atoms with Crippen LogP contribution in [0.3, 0.4) is 0 Å². The van der Waals surface area contributed by atoms with Crippen molar-refractivity contribution in [1.29, 1.82) is 0 Å². The summed E-state index contributed by atoms with van der Waals surface area (Å²) in [4.78, 5) is 10.3. The first-order valence-corrected chi connectivity index (χ1v) is 12.2. The monoisotopic (exact) mass is 518 g/mol. The second kappa shape index (κ2) is 11.4. The van der Waals surface area contributed by atoms with Gasteiger partial charge in [-0.2, -0.15) is 13.2 Å². The number of likely N-dealkylation sites (tertiary alicyclic amines) is 1. The molecule has 7 nitrogen and oxygen atoms in total. The van der Waals surface area contributed by atoms with Crippen LogP contribution in [0.1, 0.15) is 35.4 Å². The molecule has 1 saturated heterocycles. The maximum atomic E-state index is 12.9. The van der Waals surface area contributed by atoms with E-state index >= 15 is 0 Å². The lowest BCUT2D eigenvalue weighted by atomic mass is 10.0. The number of nitrogens with zero attached hydrogens (tertiary/aromatic N) is 2. The minimum atomic E-state index is -4.35. The number of halogens is 3. The number of aryl methyl sites for hydroxylation is 1. The molecular formula is C27H33F3N4O3. The summed E-state index contributed by atoms with van der Waals surface area (Å²) in [5.74, 6) is 2.71. The zero-order valence-electron chi connectivity index (χ0n) is 21.5. The van der Waals surface area contributed by atoms with Gasteiger partial charge in [0.05, 0.1) is 38.2 Å². The fraction of sp³-hybridized carbons (Fsp3) is 0.444. The van der Waals surface area contributed by atoms with E-state index in [9.17, 15) is 13.2 Å². The van der Waals surface area contributed by atoms with E-state index in [1.807, 2.05) is 19.1 Å². The Hall–Kier alpha value is -3.24. The Balaban J connectivity index is 1.32. The second-order valence-electron chi connectivity index (χ2n) is 9.17. The fourth-order valence-corrected chi connectivity index (χ4v) is 4.61. The van der Waals surface area contributed by atoms with Crippen molar-refractivity contribution in [2.24, 2.45) is 0 Å². The highest BCUT2D eigenvalue weighted by Gasteiger charge is 2.30. The summed E-state index contributed by atoms with van der Waals surface area (Å²) < 4.78 is 55.0. The molecule has 4 rings (SSSR count). The van der Waals surface area contributed by atoms with Crippen LogP contribution < -0.4 is 19.5 Å². The molecule has 1 aliphatic heterocycles. The molecule has 10 heteroatoms. The number of benzene rings is 2. The molecule has 0 amide bonds. The molecule has 0 radical (unpaired) electrons. The molecule has 1 aromatic heterocycles. The Morgan fingerprint density at radius 3 is 2.16 bits per heavy atom. The Kier molecular flexibility index (Phi) is 8.29. The Bertz CT molecular complexity index is 1160. The van der Waals surface area contributed by atoms with Crippen molar-refractivity contribution in [2.75, 3.05) is 34.4 Å². The molecule has 2 N–H and O–H groups in total. The third-order valence-electron chi connectivity index (χ3n) is 6.82. The molecule has 0 bridgehead atoms. The number of nitrogens with one attached hydrogen (secondary N) is 2. The number of aromatic amines is 1. The van der Waals surface area contributed by atoms with Crippen LogP contribution in [0.2, 0.25) is 0 Å². The second-order valence-corrected chi connectivity index (χ2v) is 9.17. The first-order valence-electron chi connectivity index (χ1n) is 12.2. The summed E-state index contributed by atoms with van der Waals surface area (Å²) in [6.07, 6.45) is -2.39. The number of H-pyrrole nitrogens is 1. The lowest BCUT2D eigenvalue weighted by molar-refractivity contribution is -0.137. The lowest BCUT2D eigenvalue weighted by Gasteiger charge is -2.32. The highest BCUT2D eigenvalue weighted by Crippen LogP contribution is 2.34. The van der Waals surface area contributed by atoms with Crippen LogP contribution >= 0.6 is 0 Å². The Labute approximate surface area is 214 Å². The van der Waals surface area contributed by atoms with E-state index in [1.54, 1.807) is 21.3 Å². The third kappa shape index (κ3) is 6.37. The van der Waals surface area contributed by atoms with Crippen LogP contribution in [0.4, 0.5) is 13.2 Å². The molecule has 37 heavy (non-hydrogen) atoms. The molecule has 0 spiro atoms. The van der Waals surface area contributed by atoms with Crippen molar-refractivity contribution in [1.82, 2.24) is 20.2 Å². The first kappa shape index (κ1) is 26.8. The summed E-state index contributed by atoms with van der Waals surface area (Å²) in [5.41, 5.74) is 2.76. The number of methoxy groups -OCH3 is 3. The maximum absolute atomic E-state index is 12.9. The Morgan fingerprint density at radius 1 is 1.00 bits per heavy atom. The molecular weight excluding hydrogens is 485 g/mol. The van der Waals surface area contributed by atoms with Crippen LogP contribution in [0.25, 0.3) is 11.4 Å².